The van der Waals surface area contributed by atoms with Crippen LogP contribution in [0.4, 0.5) is 0 Å². The molecular weight excluding hydrogens is 336 g/mol. The van der Waals surface area contributed by atoms with Crippen molar-refractivity contribution in [3.8, 4) is 5.75 Å². The van der Waals surface area contributed by atoms with Crippen LogP contribution in [-0.4, -0.2) is 25.0 Å². The molecule has 0 radical (unpaired) electrons. The summed E-state index contributed by atoms with van der Waals surface area (Å²) in [7, 11) is 0. The first-order chi connectivity index (χ1) is 10.1. The molecule has 6 heteroatoms. The van der Waals surface area contributed by atoms with Crippen molar-refractivity contribution >= 4 is 27.7 Å². The zero-order chi connectivity index (χ0) is 14.8. The summed E-state index contributed by atoms with van der Waals surface area (Å²) in [5.41, 5.74) is 2.17. The van der Waals surface area contributed by atoms with Crippen molar-refractivity contribution in [1.82, 2.24) is 10.6 Å². The smallest absolute Gasteiger partial charge is 0.225 e. The van der Waals surface area contributed by atoms with E-state index in [0.29, 0.717) is 32.5 Å². The molecule has 0 saturated carbocycles. The molecule has 1 aromatic carbocycles. The van der Waals surface area contributed by atoms with E-state index in [1.165, 1.54) is 5.56 Å². The van der Waals surface area contributed by atoms with Gasteiger partial charge in [-0.2, -0.15) is 0 Å². The molecule has 2 N–H and O–H groups in total. The van der Waals surface area contributed by atoms with Crippen LogP contribution in [0.2, 0.25) is 0 Å². The highest BCUT2D eigenvalue weighted by Crippen LogP contribution is 2.32. The van der Waals surface area contributed by atoms with E-state index in [1.807, 2.05) is 6.07 Å². The van der Waals surface area contributed by atoms with Crippen LogP contribution in [0.5, 0.6) is 5.75 Å². The van der Waals surface area contributed by atoms with E-state index in [9.17, 15) is 9.59 Å². The SMILES string of the molecule is O=C1CCC(C(=O)NCc2cc(Br)cc3c2OCC3)CN1. The molecule has 5 nitrogen and oxygen atoms in total. The fourth-order valence-electron chi connectivity index (χ4n) is 2.76. The van der Waals surface area contributed by atoms with Gasteiger partial charge in [0.2, 0.25) is 11.8 Å². The highest BCUT2D eigenvalue weighted by molar-refractivity contribution is 9.10. The molecule has 0 aliphatic carbocycles. The summed E-state index contributed by atoms with van der Waals surface area (Å²) in [4.78, 5) is 23.3. The highest BCUT2D eigenvalue weighted by Gasteiger charge is 2.25. The van der Waals surface area contributed by atoms with E-state index in [1.54, 1.807) is 0 Å². The summed E-state index contributed by atoms with van der Waals surface area (Å²) in [6, 6.07) is 4.04. The molecule has 112 valence electrons. The Morgan fingerprint density at radius 3 is 3.05 bits per heavy atom. The Balaban J connectivity index is 1.63. The van der Waals surface area contributed by atoms with Crippen molar-refractivity contribution in [2.75, 3.05) is 13.2 Å². The molecule has 2 aliphatic rings. The number of carbonyl (C=O) groups excluding carboxylic acids is 2. The van der Waals surface area contributed by atoms with Gasteiger partial charge in [0.05, 0.1) is 12.5 Å². The van der Waals surface area contributed by atoms with E-state index in [-0.39, 0.29) is 17.7 Å². The second-order valence-electron chi connectivity index (χ2n) is 5.41. The number of halogens is 1. The maximum absolute atomic E-state index is 12.1. The first-order valence-corrected chi connectivity index (χ1v) is 7.91. The standard InChI is InChI=1S/C15H17BrN2O3/c16-12-5-9-3-4-21-14(9)11(6-12)8-18-15(20)10-1-2-13(19)17-7-10/h5-6,10H,1-4,7-8H2,(H,17,19)(H,18,20). The number of ether oxygens (including phenoxy) is 1. The fraction of sp³-hybridized carbons (Fsp3) is 0.467. The second-order valence-corrected chi connectivity index (χ2v) is 6.32. The third-order valence-electron chi connectivity index (χ3n) is 3.91. The molecule has 0 bridgehead atoms. The number of rotatable bonds is 3. The van der Waals surface area contributed by atoms with Gasteiger partial charge in [-0.3, -0.25) is 9.59 Å². The van der Waals surface area contributed by atoms with Crippen molar-refractivity contribution in [2.24, 2.45) is 5.92 Å². The molecule has 0 aromatic heterocycles. The Morgan fingerprint density at radius 2 is 2.29 bits per heavy atom. The topological polar surface area (TPSA) is 67.4 Å². The second kappa shape index (κ2) is 6.05. The van der Waals surface area contributed by atoms with Gasteiger partial charge in [-0.25, -0.2) is 0 Å². The molecule has 21 heavy (non-hydrogen) atoms. The van der Waals surface area contributed by atoms with Crippen LogP contribution >= 0.6 is 15.9 Å². The lowest BCUT2D eigenvalue weighted by atomic mass is 9.98. The Kier molecular flexibility index (Phi) is 4.14. The van der Waals surface area contributed by atoms with Crippen LogP contribution in [0.15, 0.2) is 16.6 Å². The number of piperidine rings is 1. The quantitative estimate of drug-likeness (QED) is 0.866. The lowest BCUT2D eigenvalue weighted by Gasteiger charge is -2.21. The van der Waals surface area contributed by atoms with Gasteiger partial charge in [-0.05, 0) is 24.1 Å². The van der Waals surface area contributed by atoms with Gasteiger partial charge in [0.1, 0.15) is 5.75 Å². The Bertz CT molecular complexity index is 579. The number of fused-ring (bicyclic) bond motifs is 1. The Morgan fingerprint density at radius 1 is 1.43 bits per heavy atom. The van der Waals surface area contributed by atoms with E-state index >= 15 is 0 Å². The lowest BCUT2D eigenvalue weighted by Crippen LogP contribution is -2.42. The van der Waals surface area contributed by atoms with Crippen LogP contribution < -0.4 is 15.4 Å². The molecule has 1 aromatic rings. The molecule has 1 saturated heterocycles. The summed E-state index contributed by atoms with van der Waals surface area (Å²) in [6.45, 7) is 1.57. The van der Waals surface area contributed by atoms with E-state index < -0.39 is 0 Å². The zero-order valence-electron chi connectivity index (χ0n) is 11.6. The molecule has 1 atom stereocenters. The molecule has 3 rings (SSSR count). The number of nitrogens with one attached hydrogen (secondary N) is 2. The predicted molar refractivity (Wildman–Crippen MR) is 80.9 cm³/mol. The summed E-state index contributed by atoms with van der Waals surface area (Å²) in [5.74, 6) is 0.776. The van der Waals surface area contributed by atoms with Gasteiger partial charge in [0, 0.05) is 36.0 Å². The monoisotopic (exact) mass is 352 g/mol. The van der Waals surface area contributed by atoms with E-state index in [4.69, 9.17) is 4.74 Å². The number of benzene rings is 1. The number of hydrogen-bond acceptors (Lipinski definition) is 3. The Labute approximate surface area is 131 Å². The van der Waals surface area contributed by atoms with Gasteiger partial charge in [-0.1, -0.05) is 15.9 Å². The molecule has 2 heterocycles. The summed E-state index contributed by atoms with van der Waals surface area (Å²) in [5, 5.41) is 5.68. The minimum Gasteiger partial charge on any atom is -0.493 e. The maximum Gasteiger partial charge on any atom is 0.225 e. The van der Waals surface area contributed by atoms with Crippen molar-refractivity contribution in [3.05, 3.63) is 27.7 Å². The van der Waals surface area contributed by atoms with Crippen LogP contribution in [0.25, 0.3) is 0 Å². The molecule has 1 fully saturated rings. The molecular formula is C15H17BrN2O3. The average molecular weight is 353 g/mol. The van der Waals surface area contributed by atoms with E-state index in [0.717, 1.165) is 22.2 Å². The number of amides is 2. The molecule has 1 unspecified atom stereocenters. The van der Waals surface area contributed by atoms with Gasteiger partial charge in [-0.15, -0.1) is 0 Å². The van der Waals surface area contributed by atoms with Crippen LogP contribution in [-0.2, 0) is 22.6 Å². The third kappa shape index (κ3) is 3.20. The first-order valence-electron chi connectivity index (χ1n) is 7.12. The number of carbonyl (C=O) groups is 2. The first kappa shape index (κ1) is 14.4. The van der Waals surface area contributed by atoms with Gasteiger partial charge in [0.15, 0.2) is 0 Å². The van der Waals surface area contributed by atoms with E-state index in [2.05, 4.69) is 32.6 Å². The van der Waals surface area contributed by atoms with Crippen LogP contribution in [0.1, 0.15) is 24.0 Å². The molecule has 0 spiro atoms. The summed E-state index contributed by atoms with van der Waals surface area (Å²) >= 11 is 3.49. The molecule has 2 amide bonds. The van der Waals surface area contributed by atoms with Crippen molar-refractivity contribution in [1.29, 1.82) is 0 Å². The average Bonchev–Trinajstić information content (AvgIpc) is 2.93. The van der Waals surface area contributed by atoms with Gasteiger partial charge in [0.25, 0.3) is 0 Å². The normalized spacial score (nSPS) is 20.4. The third-order valence-corrected chi connectivity index (χ3v) is 4.37. The van der Waals surface area contributed by atoms with Gasteiger partial charge >= 0.3 is 0 Å². The lowest BCUT2D eigenvalue weighted by molar-refractivity contribution is -0.129. The summed E-state index contributed by atoms with van der Waals surface area (Å²) < 4.78 is 6.65. The van der Waals surface area contributed by atoms with Gasteiger partial charge < -0.3 is 15.4 Å². The Hall–Kier alpha value is -1.56. The van der Waals surface area contributed by atoms with Crippen molar-refractivity contribution in [3.63, 3.8) is 0 Å². The number of hydrogen-bond donors (Lipinski definition) is 2. The molecule has 2 aliphatic heterocycles. The minimum absolute atomic E-state index is 0.0123. The summed E-state index contributed by atoms with van der Waals surface area (Å²) in [6.07, 6.45) is 1.95. The highest BCUT2D eigenvalue weighted by atomic mass is 79.9. The minimum atomic E-state index is -0.135. The van der Waals surface area contributed by atoms with Crippen LogP contribution in [0.3, 0.4) is 0 Å². The largest absolute Gasteiger partial charge is 0.493 e. The zero-order valence-corrected chi connectivity index (χ0v) is 13.2. The fourth-order valence-corrected chi connectivity index (χ4v) is 3.31. The van der Waals surface area contributed by atoms with Crippen LogP contribution in [0, 0.1) is 5.92 Å². The maximum atomic E-state index is 12.1. The van der Waals surface area contributed by atoms with Crippen molar-refractivity contribution < 1.29 is 14.3 Å². The predicted octanol–water partition coefficient (Wildman–Crippen LogP) is 1.53. The van der Waals surface area contributed by atoms with Crippen molar-refractivity contribution in [2.45, 2.75) is 25.8 Å².